The van der Waals surface area contributed by atoms with Crippen molar-refractivity contribution in [2.75, 3.05) is 5.32 Å². The van der Waals surface area contributed by atoms with E-state index in [-0.39, 0.29) is 0 Å². The van der Waals surface area contributed by atoms with Crippen molar-refractivity contribution in [3.63, 3.8) is 0 Å². The molecule has 2 aromatic carbocycles. The lowest BCUT2D eigenvalue weighted by Crippen LogP contribution is -2.18. The average molecular weight is 371 g/mol. The Bertz CT molecular complexity index is 880. The number of hydrogen-bond acceptors (Lipinski definition) is 6. The minimum atomic E-state index is -0.483. The number of amides is 1. The second-order valence-corrected chi connectivity index (χ2v) is 7.96. The van der Waals surface area contributed by atoms with Crippen molar-refractivity contribution in [2.24, 2.45) is 5.73 Å². The lowest BCUT2D eigenvalue weighted by molar-refractivity contribution is -0.117. The molecule has 0 radical (unpaired) electrons. The first-order valence-electron chi connectivity index (χ1n) is 7.71. The van der Waals surface area contributed by atoms with Gasteiger partial charge in [0.05, 0.1) is 0 Å². The Hall–Kier alpha value is -2.38. The van der Waals surface area contributed by atoms with Crippen molar-refractivity contribution < 1.29 is 4.79 Å². The zero-order valence-corrected chi connectivity index (χ0v) is 15.5. The van der Waals surface area contributed by atoms with Crippen LogP contribution in [0.15, 0.2) is 52.9 Å². The zero-order chi connectivity index (χ0) is 17.8. The maximum Gasteiger partial charge on any atom is 0.235 e. The van der Waals surface area contributed by atoms with Crippen molar-refractivity contribution in [3.05, 3.63) is 65.2 Å². The molecule has 3 N–H and O–H groups in total. The highest BCUT2D eigenvalue weighted by atomic mass is 32.2. The molecule has 0 aliphatic heterocycles. The molecule has 1 heterocycles. The van der Waals surface area contributed by atoms with Crippen LogP contribution in [-0.4, -0.2) is 16.1 Å². The highest BCUT2D eigenvalue weighted by Crippen LogP contribution is 2.38. The highest BCUT2D eigenvalue weighted by Gasteiger charge is 2.21. The summed E-state index contributed by atoms with van der Waals surface area (Å²) in [6.45, 7) is 4.11. The first-order chi connectivity index (χ1) is 12.0. The molecule has 1 amide bonds. The predicted molar refractivity (Wildman–Crippen MR) is 103 cm³/mol. The molecule has 0 spiro atoms. The third-order valence-electron chi connectivity index (χ3n) is 3.61. The smallest absolute Gasteiger partial charge is 0.235 e. The second-order valence-electron chi connectivity index (χ2n) is 5.63. The Morgan fingerprint density at radius 3 is 2.60 bits per heavy atom. The number of anilines is 2. The number of benzene rings is 2. The summed E-state index contributed by atoms with van der Waals surface area (Å²) in [6.07, 6.45) is 0. The van der Waals surface area contributed by atoms with Crippen LogP contribution in [0.25, 0.3) is 0 Å². The first kappa shape index (κ1) is 17.4. The molecule has 25 heavy (non-hydrogen) atoms. The Morgan fingerprint density at radius 1 is 1.16 bits per heavy atom. The van der Waals surface area contributed by atoms with E-state index in [9.17, 15) is 4.79 Å². The van der Waals surface area contributed by atoms with Crippen LogP contribution >= 0.6 is 23.1 Å². The van der Waals surface area contributed by atoms with Crippen LogP contribution < -0.4 is 11.1 Å². The van der Waals surface area contributed by atoms with Crippen LogP contribution in [0.2, 0.25) is 0 Å². The normalized spacial score (nSPS) is 11.9. The van der Waals surface area contributed by atoms with E-state index in [0.717, 1.165) is 16.8 Å². The number of rotatable bonds is 6. The van der Waals surface area contributed by atoms with Gasteiger partial charge in [-0.2, -0.15) is 0 Å². The van der Waals surface area contributed by atoms with E-state index < -0.39 is 11.2 Å². The number of nitrogens with zero attached hydrogens (tertiary/aromatic N) is 2. The number of hydrogen-bond donors (Lipinski definition) is 2. The molecule has 0 saturated heterocycles. The molecule has 0 saturated carbocycles. The summed E-state index contributed by atoms with van der Waals surface area (Å²) in [6, 6.07) is 15.6. The highest BCUT2D eigenvalue weighted by molar-refractivity contribution is 8.01. The number of thioether (sulfide) groups is 1. The third kappa shape index (κ3) is 4.37. The number of nitrogens with two attached hydrogens (primary N) is 1. The molecule has 128 valence electrons. The lowest BCUT2D eigenvalue weighted by Gasteiger charge is -2.10. The standard InChI is InChI=1S/C18H18N4OS2/c1-11-8-9-14(12(2)10-11)20-17-21-22-18(25-17)24-15(16(19)23)13-6-4-3-5-7-13/h3-10,15H,1-2H3,(H2,19,23)(H,20,21)/t15-/m1/s1. The van der Waals surface area contributed by atoms with Crippen LogP contribution in [0, 0.1) is 13.8 Å². The van der Waals surface area contributed by atoms with E-state index in [2.05, 4.69) is 28.5 Å². The summed E-state index contributed by atoms with van der Waals surface area (Å²) >= 11 is 2.72. The van der Waals surface area contributed by atoms with Crippen LogP contribution in [0.1, 0.15) is 21.9 Å². The molecule has 3 rings (SSSR count). The summed E-state index contributed by atoms with van der Waals surface area (Å²) in [5, 5.41) is 11.8. The summed E-state index contributed by atoms with van der Waals surface area (Å²) < 4.78 is 0.694. The molecule has 0 unspecified atom stereocenters. The third-order valence-corrected chi connectivity index (χ3v) is 5.80. The van der Waals surface area contributed by atoms with Crippen molar-refractivity contribution in [2.45, 2.75) is 23.4 Å². The predicted octanol–water partition coefficient (Wildman–Crippen LogP) is 4.22. The maximum absolute atomic E-state index is 11.8. The van der Waals surface area contributed by atoms with E-state index in [1.807, 2.05) is 49.4 Å². The first-order valence-corrected chi connectivity index (χ1v) is 9.41. The Labute approximate surface area is 154 Å². The van der Waals surface area contributed by atoms with Gasteiger partial charge in [0.15, 0.2) is 4.34 Å². The van der Waals surface area contributed by atoms with Gasteiger partial charge < -0.3 is 11.1 Å². The maximum atomic E-state index is 11.8. The van der Waals surface area contributed by atoms with Crippen LogP contribution in [0.3, 0.4) is 0 Å². The van der Waals surface area contributed by atoms with Gasteiger partial charge >= 0.3 is 0 Å². The number of aryl methyl sites for hydroxylation is 2. The molecule has 7 heteroatoms. The van der Waals surface area contributed by atoms with E-state index >= 15 is 0 Å². The van der Waals surface area contributed by atoms with Gasteiger partial charge in [-0.05, 0) is 31.0 Å². The minimum absolute atomic E-state index is 0.393. The van der Waals surface area contributed by atoms with E-state index in [1.54, 1.807) is 0 Å². The summed E-state index contributed by atoms with van der Waals surface area (Å²) in [4.78, 5) is 11.8. The van der Waals surface area contributed by atoms with Gasteiger partial charge in [0.1, 0.15) is 5.25 Å². The fourth-order valence-electron chi connectivity index (χ4n) is 2.40. The molecular weight excluding hydrogens is 352 g/mol. The Morgan fingerprint density at radius 2 is 1.92 bits per heavy atom. The fourth-order valence-corrected chi connectivity index (χ4v) is 4.30. The van der Waals surface area contributed by atoms with Gasteiger partial charge in [-0.25, -0.2) is 0 Å². The van der Waals surface area contributed by atoms with Gasteiger partial charge in [-0.3, -0.25) is 4.79 Å². The summed E-state index contributed by atoms with van der Waals surface area (Å²) in [5.74, 6) is -0.393. The van der Waals surface area contributed by atoms with Gasteiger partial charge in [-0.15, -0.1) is 10.2 Å². The second kappa shape index (κ2) is 7.67. The molecule has 3 aromatic rings. The van der Waals surface area contributed by atoms with E-state index in [4.69, 9.17) is 5.73 Å². The Kier molecular flexibility index (Phi) is 5.35. The fraction of sp³-hybridized carbons (Fsp3) is 0.167. The largest absolute Gasteiger partial charge is 0.368 e. The van der Waals surface area contributed by atoms with Crippen LogP contribution in [-0.2, 0) is 4.79 Å². The quantitative estimate of drug-likeness (QED) is 0.635. The topological polar surface area (TPSA) is 80.9 Å². The Balaban J connectivity index is 1.75. The van der Waals surface area contributed by atoms with Crippen LogP contribution in [0.5, 0.6) is 0 Å². The van der Waals surface area contributed by atoms with Gasteiger partial charge in [0.25, 0.3) is 0 Å². The number of carbonyl (C=O) groups excluding carboxylic acids is 1. The van der Waals surface area contributed by atoms with Gasteiger partial charge in [0, 0.05) is 5.69 Å². The van der Waals surface area contributed by atoms with Crippen molar-refractivity contribution in [3.8, 4) is 0 Å². The molecule has 1 aromatic heterocycles. The van der Waals surface area contributed by atoms with Crippen molar-refractivity contribution in [1.29, 1.82) is 0 Å². The molecule has 5 nitrogen and oxygen atoms in total. The molecule has 1 atom stereocenters. The van der Waals surface area contributed by atoms with Gasteiger partial charge in [-0.1, -0.05) is 71.1 Å². The monoisotopic (exact) mass is 370 g/mol. The lowest BCUT2D eigenvalue weighted by atomic mass is 10.1. The number of aromatic nitrogens is 2. The zero-order valence-electron chi connectivity index (χ0n) is 13.9. The summed E-state index contributed by atoms with van der Waals surface area (Å²) in [5.41, 5.74) is 9.77. The van der Waals surface area contributed by atoms with Crippen LogP contribution in [0.4, 0.5) is 10.8 Å². The number of primary amides is 1. The molecule has 0 fully saturated rings. The van der Waals surface area contributed by atoms with Gasteiger partial charge in [0.2, 0.25) is 11.0 Å². The minimum Gasteiger partial charge on any atom is -0.368 e. The van der Waals surface area contributed by atoms with Crippen molar-refractivity contribution >= 4 is 39.8 Å². The molecular formula is C18H18N4OS2. The molecule has 0 bridgehead atoms. The van der Waals surface area contributed by atoms with Crippen molar-refractivity contribution in [1.82, 2.24) is 10.2 Å². The molecule has 0 aliphatic rings. The van der Waals surface area contributed by atoms with E-state index in [1.165, 1.54) is 28.7 Å². The summed E-state index contributed by atoms with van der Waals surface area (Å²) in [7, 11) is 0. The van der Waals surface area contributed by atoms with E-state index in [0.29, 0.717) is 9.47 Å². The average Bonchev–Trinajstić information content (AvgIpc) is 3.03. The number of nitrogens with one attached hydrogen (secondary N) is 1. The SMILES string of the molecule is Cc1ccc(Nc2nnc(S[C@@H](C(N)=O)c3ccccc3)s2)c(C)c1. The number of carbonyl (C=O) groups is 1. The molecule has 0 aliphatic carbocycles.